The maximum atomic E-state index is 14.6. The van der Waals surface area contributed by atoms with Gasteiger partial charge in [-0.1, -0.05) is 52.8 Å². The molecule has 0 bridgehead atoms. The topological polar surface area (TPSA) is 87.2 Å². The van der Waals surface area contributed by atoms with Crippen LogP contribution in [-0.4, -0.2) is 79.6 Å². The Hall–Kier alpha value is -1.80. The van der Waals surface area contributed by atoms with Crippen molar-refractivity contribution in [2.45, 2.75) is 88.9 Å². The minimum atomic E-state index is -0.927. The molecule has 0 radical (unpaired) electrons. The zero-order valence-corrected chi connectivity index (χ0v) is 23.7. The molecule has 200 valence electrons. The van der Waals surface area contributed by atoms with Gasteiger partial charge in [0.1, 0.15) is 12.6 Å². The Morgan fingerprint density at radius 1 is 1.08 bits per heavy atom. The lowest BCUT2D eigenvalue weighted by Gasteiger charge is -2.46. The van der Waals surface area contributed by atoms with Crippen LogP contribution in [0.15, 0.2) is 24.3 Å². The highest BCUT2D eigenvalue weighted by atomic mass is 32.2. The number of esters is 1. The molecule has 4 aliphatic rings. The zero-order chi connectivity index (χ0) is 26.8. The molecule has 0 aliphatic carbocycles. The summed E-state index contributed by atoms with van der Waals surface area (Å²) in [5.41, 5.74) is -0.463. The molecule has 0 saturated carbocycles. The fourth-order valence-corrected chi connectivity index (χ4v) is 9.35. The molecule has 4 rings (SSSR count). The number of thioether (sulfide) groups is 1. The molecular weight excluding hydrogens is 476 g/mol. The third-order valence-electron chi connectivity index (χ3n) is 8.26. The fourth-order valence-electron chi connectivity index (χ4n) is 7.21. The first-order valence-corrected chi connectivity index (χ1v) is 13.9. The lowest BCUT2D eigenvalue weighted by Crippen LogP contribution is -2.61. The van der Waals surface area contributed by atoms with Crippen molar-refractivity contribution in [2.24, 2.45) is 23.2 Å². The molecule has 2 amide bonds. The van der Waals surface area contributed by atoms with Crippen molar-refractivity contribution in [3.05, 3.63) is 24.3 Å². The predicted octanol–water partition coefficient (Wildman–Crippen LogP) is 3.42. The number of amides is 2. The summed E-state index contributed by atoms with van der Waals surface area (Å²) in [5, 5.41) is 10.4. The third kappa shape index (κ3) is 4.12. The van der Waals surface area contributed by atoms with Gasteiger partial charge < -0.3 is 19.6 Å². The molecule has 1 spiro atoms. The smallest absolute Gasteiger partial charge is 0.311 e. The van der Waals surface area contributed by atoms with E-state index in [0.29, 0.717) is 6.54 Å². The Balaban J connectivity index is 1.90. The van der Waals surface area contributed by atoms with Gasteiger partial charge >= 0.3 is 5.97 Å². The van der Waals surface area contributed by atoms with Gasteiger partial charge in [0, 0.05) is 16.8 Å². The number of carbonyl (C=O) groups excluding carboxylic acids is 3. The van der Waals surface area contributed by atoms with E-state index in [2.05, 4.69) is 34.6 Å². The summed E-state index contributed by atoms with van der Waals surface area (Å²) in [5.74, 6) is -2.27. The number of likely N-dealkylation sites (tertiary alicyclic amines) is 1. The van der Waals surface area contributed by atoms with Gasteiger partial charge in [-0.15, -0.1) is 11.8 Å². The Labute approximate surface area is 219 Å². The standard InChI is InChI=1S/C28H42N2O5S/c1-17(2)18(15-31)30-21-23(33)29(26(6,7)16-25(3,4)5)13-9-12-28(21)19(22(30)32)20-24(34)35-14-10-11-27(20,8)36-28/h9-12,17-21,31H,13-16H2,1-8H3/t18-,19-,20+,21?,27-,28-/m0/s1. The highest BCUT2D eigenvalue weighted by Crippen LogP contribution is 2.66. The molecule has 0 aromatic carbocycles. The van der Waals surface area contributed by atoms with Crippen LogP contribution in [0.1, 0.15) is 61.8 Å². The largest absolute Gasteiger partial charge is 0.461 e. The maximum Gasteiger partial charge on any atom is 0.311 e. The number of carbonyl (C=O) groups is 3. The molecule has 6 atom stereocenters. The predicted molar refractivity (Wildman–Crippen MR) is 141 cm³/mol. The van der Waals surface area contributed by atoms with E-state index in [0.717, 1.165) is 6.42 Å². The van der Waals surface area contributed by atoms with Crippen molar-refractivity contribution in [3.63, 3.8) is 0 Å². The van der Waals surface area contributed by atoms with Crippen LogP contribution in [0.4, 0.5) is 0 Å². The second-order valence-electron chi connectivity index (χ2n) is 13.2. The molecule has 4 heterocycles. The molecule has 1 N–H and O–H groups in total. The van der Waals surface area contributed by atoms with E-state index in [4.69, 9.17) is 4.74 Å². The molecule has 8 heteroatoms. The highest BCUT2D eigenvalue weighted by Gasteiger charge is 2.75. The van der Waals surface area contributed by atoms with Gasteiger partial charge in [0.15, 0.2) is 0 Å². The van der Waals surface area contributed by atoms with Crippen LogP contribution in [0, 0.1) is 23.2 Å². The molecule has 0 aromatic heterocycles. The molecule has 2 fully saturated rings. The van der Waals surface area contributed by atoms with Crippen molar-refractivity contribution >= 4 is 29.5 Å². The molecule has 7 nitrogen and oxygen atoms in total. The lowest BCUT2D eigenvalue weighted by atomic mass is 9.74. The second-order valence-corrected chi connectivity index (χ2v) is 15.0. The lowest BCUT2D eigenvalue weighted by molar-refractivity contribution is -0.154. The number of ether oxygens (including phenoxy) is 1. The number of fused-ring (bicyclic) bond motifs is 2. The molecule has 0 aromatic rings. The van der Waals surface area contributed by atoms with Gasteiger partial charge in [0.05, 0.1) is 29.2 Å². The van der Waals surface area contributed by atoms with Gasteiger partial charge in [-0.05, 0) is 44.6 Å². The summed E-state index contributed by atoms with van der Waals surface area (Å²) in [7, 11) is 0. The quantitative estimate of drug-likeness (QED) is 0.443. The minimum absolute atomic E-state index is 0.00585. The minimum Gasteiger partial charge on any atom is -0.461 e. The SMILES string of the molecule is CC(C)[C@H](CO)N1C(=O)[C@@H]2[C@@H]3C(=O)OCC=C[C@]3(C)S[C@@]23C=CCN(C(C)(C)CC(C)(C)C)C(=O)C13. The number of hydrogen-bond donors (Lipinski definition) is 1. The molecular formula is C28H42N2O5S. The van der Waals surface area contributed by atoms with E-state index >= 15 is 0 Å². The molecule has 2 saturated heterocycles. The number of aliphatic hydroxyl groups is 1. The number of aliphatic hydroxyl groups excluding tert-OH is 1. The Bertz CT molecular complexity index is 998. The van der Waals surface area contributed by atoms with E-state index in [-0.39, 0.29) is 36.4 Å². The zero-order valence-electron chi connectivity index (χ0n) is 22.9. The van der Waals surface area contributed by atoms with E-state index < -0.39 is 44.9 Å². The highest BCUT2D eigenvalue weighted by molar-refractivity contribution is 8.02. The molecule has 36 heavy (non-hydrogen) atoms. The Kier molecular flexibility index (Phi) is 6.73. The van der Waals surface area contributed by atoms with Crippen LogP contribution >= 0.6 is 11.8 Å². The van der Waals surface area contributed by atoms with E-state index in [1.165, 1.54) is 11.8 Å². The first-order chi connectivity index (χ1) is 16.6. The van der Waals surface area contributed by atoms with Crippen LogP contribution in [0.3, 0.4) is 0 Å². The van der Waals surface area contributed by atoms with Gasteiger partial charge in [0.2, 0.25) is 11.8 Å². The summed E-state index contributed by atoms with van der Waals surface area (Å²) in [6.45, 7) is 16.9. The molecule has 1 unspecified atom stereocenters. The van der Waals surface area contributed by atoms with Crippen molar-refractivity contribution in [2.75, 3.05) is 19.8 Å². The normalized spacial score (nSPS) is 35.4. The number of rotatable bonds is 5. The monoisotopic (exact) mass is 518 g/mol. The van der Waals surface area contributed by atoms with Gasteiger partial charge in [-0.2, -0.15) is 0 Å². The fraction of sp³-hybridized carbons (Fsp3) is 0.750. The third-order valence-corrected chi connectivity index (χ3v) is 10.1. The van der Waals surface area contributed by atoms with Crippen LogP contribution in [0.2, 0.25) is 0 Å². The second kappa shape index (κ2) is 8.90. The summed E-state index contributed by atoms with van der Waals surface area (Å²) in [4.78, 5) is 45.7. The summed E-state index contributed by atoms with van der Waals surface area (Å²) >= 11 is 1.54. The molecule has 4 aliphatic heterocycles. The van der Waals surface area contributed by atoms with Crippen molar-refractivity contribution in [3.8, 4) is 0 Å². The number of hydrogen-bond acceptors (Lipinski definition) is 6. The van der Waals surface area contributed by atoms with Crippen molar-refractivity contribution in [1.29, 1.82) is 0 Å². The van der Waals surface area contributed by atoms with E-state index in [1.54, 1.807) is 4.90 Å². The van der Waals surface area contributed by atoms with Crippen molar-refractivity contribution < 1.29 is 24.2 Å². The van der Waals surface area contributed by atoms with Crippen LogP contribution < -0.4 is 0 Å². The van der Waals surface area contributed by atoms with Gasteiger partial charge in [-0.25, -0.2) is 0 Å². The Morgan fingerprint density at radius 3 is 2.33 bits per heavy atom. The number of cyclic esters (lactones) is 1. The van der Waals surface area contributed by atoms with Crippen LogP contribution in [-0.2, 0) is 19.1 Å². The van der Waals surface area contributed by atoms with E-state index in [1.807, 2.05) is 50.0 Å². The summed E-state index contributed by atoms with van der Waals surface area (Å²) < 4.78 is 3.89. The Morgan fingerprint density at radius 2 is 1.75 bits per heavy atom. The average molecular weight is 519 g/mol. The number of nitrogens with zero attached hydrogens (tertiary/aromatic N) is 2. The van der Waals surface area contributed by atoms with Crippen LogP contribution in [0.5, 0.6) is 0 Å². The maximum absolute atomic E-state index is 14.6. The van der Waals surface area contributed by atoms with Gasteiger partial charge in [-0.3, -0.25) is 14.4 Å². The van der Waals surface area contributed by atoms with Crippen LogP contribution in [0.25, 0.3) is 0 Å². The van der Waals surface area contributed by atoms with Gasteiger partial charge in [0.25, 0.3) is 0 Å². The first-order valence-electron chi connectivity index (χ1n) is 13.1. The first kappa shape index (κ1) is 27.2. The summed E-state index contributed by atoms with van der Waals surface area (Å²) in [6.07, 6.45) is 8.63. The average Bonchev–Trinajstić information content (AvgIpc) is 2.97. The van der Waals surface area contributed by atoms with Crippen molar-refractivity contribution in [1.82, 2.24) is 9.80 Å². The van der Waals surface area contributed by atoms with E-state index in [9.17, 15) is 19.5 Å². The summed E-state index contributed by atoms with van der Waals surface area (Å²) in [6, 6.07) is -1.35.